The zero-order valence-corrected chi connectivity index (χ0v) is 18.0. The smallest absolute Gasteiger partial charge is 0.262 e. The van der Waals surface area contributed by atoms with Gasteiger partial charge in [0.05, 0.1) is 45.1 Å². The average Bonchev–Trinajstić information content (AvgIpc) is 3.31. The minimum absolute atomic E-state index is 0.0851. The zero-order chi connectivity index (χ0) is 23.3. The number of nitrogens with one attached hydrogen (secondary N) is 2. The molecule has 2 aromatic heterocycles. The quantitative estimate of drug-likeness (QED) is 0.430. The van der Waals surface area contributed by atoms with Crippen molar-refractivity contribution < 1.29 is 14.4 Å². The van der Waals surface area contributed by atoms with E-state index in [9.17, 15) is 19.2 Å². The molecule has 2 N–H and O–H groups in total. The molecule has 10 nitrogen and oxygen atoms in total. The van der Waals surface area contributed by atoms with Crippen molar-refractivity contribution in [3.63, 3.8) is 0 Å². The number of halogens is 2. The van der Waals surface area contributed by atoms with Crippen molar-refractivity contribution >= 4 is 57.6 Å². The van der Waals surface area contributed by atoms with Crippen LogP contribution >= 0.6 is 23.2 Å². The van der Waals surface area contributed by atoms with E-state index in [1.165, 1.54) is 29.3 Å². The third-order valence-corrected chi connectivity index (χ3v) is 5.81. The van der Waals surface area contributed by atoms with E-state index >= 15 is 0 Å². The van der Waals surface area contributed by atoms with Crippen LogP contribution in [0.15, 0.2) is 53.7 Å². The lowest BCUT2D eigenvalue weighted by Crippen LogP contribution is -2.37. The molecule has 4 aromatic rings. The van der Waals surface area contributed by atoms with Gasteiger partial charge in [-0.05, 0) is 24.3 Å². The Morgan fingerprint density at radius 1 is 1.03 bits per heavy atom. The van der Waals surface area contributed by atoms with Crippen LogP contribution in [0.2, 0.25) is 10.0 Å². The molecule has 0 fully saturated rings. The number of fused-ring (bicyclic) bond motifs is 2. The lowest BCUT2D eigenvalue weighted by molar-refractivity contribution is -0.116. The number of para-hydroxylation sites is 2. The first-order chi connectivity index (χ1) is 15.8. The maximum absolute atomic E-state index is 12.8. The molecule has 3 heterocycles. The summed E-state index contributed by atoms with van der Waals surface area (Å²) >= 11 is 11.9. The van der Waals surface area contributed by atoms with Gasteiger partial charge < -0.3 is 10.3 Å². The number of amides is 3. The van der Waals surface area contributed by atoms with Gasteiger partial charge in [0.25, 0.3) is 17.4 Å². The summed E-state index contributed by atoms with van der Waals surface area (Å²) in [6.07, 6.45) is 2.62. The minimum Gasteiger partial charge on any atom is -0.323 e. The first-order valence-corrected chi connectivity index (χ1v) is 10.3. The third-order valence-electron chi connectivity index (χ3n) is 5.09. The lowest BCUT2D eigenvalue weighted by atomic mass is 10.1. The third kappa shape index (κ3) is 3.45. The van der Waals surface area contributed by atoms with E-state index in [0.717, 1.165) is 4.90 Å². The zero-order valence-electron chi connectivity index (χ0n) is 16.5. The molecule has 3 amide bonds. The molecule has 0 unspecified atom stereocenters. The fourth-order valence-corrected chi connectivity index (χ4v) is 3.88. The van der Waals surface area contributed by atoms with Crippen LogP contribution < -0.4 is 10.9 Å². The summed E-state index contributed by atoms with van der Waals surface area (Å²) in [5.41, 5.74) is 0.911. The van der Waals surface area contributed by atoms with Crippen LogP contribution in [0.1, 0.15) is 20.7 Å². The van der Waals surface area contributed by atoms with Crippen molar-refractivity contribution in [1.82, 2.24) is 24.6 Å². The van der Waals surface area contributed by atoms with Gasteiger partial charge in [-0.1, -0.05) is 35.3 Å². The minimum atomic E-state index is -0.640. The van der Waals surface area contributed by atoms with E-state index in [1.807, 2.05) is 0 Å². The largest absolute Gasteiger partial charge is 0.323 e. The average molecular weight is 483 g/mol. The normalized spacial score (nSPS) is 13.0. The number of hydrogen-bond donors (Lipinski definition) is 2. The van der Waals surface area contributed by atoms with Gasteiger partial charge in [0.15, 0.2) is 5.65 Å². The Labute approximate surface area is 194 Å². The van der Waals surface area contributed by atoms with E-state index in [-0.39, 0.29) is 32.1 Å². The van der Waals surface area contributed by atoms with Crippen LogP contribution in [0.25, 0.3) is 16.7 Å². The van der Waals surface area contributed by atoms with Gasteiger partial charge in [-0.25, -0.2) is 9.67 Å². The molecule has 12 heteroatoms. The highest BCUT2D eigenvalue weighted by Gasteiger charge is 2.37. The molecule has 0 spiro atoms. The number of hydrogen-bond acceptors (Lipinski definition) is 6. The molecule has 0 bridgehead atoms. The van der Waals surface area contributed by atoms with Crippen LogP contribution in [-0.4, -0.2) is 48.9 Å². The van der Waals surface area contributed by atoms with Crippen molar-refractivity contribution in [1.29, 1.82) is 0 Å². The van der Waals surface area contributed by atoms with Gasteiger partial charge in [0.2, 0.25) is 5.91 Å². The topological polar surface area (TPSA) is 130 Å². The molecule has 2 aromatic carbocycles. The second kappa shape index (κ2) is 7.84. The fraction of sp³-hybridized carbons (Fsp3) is 0.0476. The monoisotopic (exact) mass is 482 g/mol. The summed E-state index contributed by atoms with van der Waals surface area (Å²) in [6.45, 7) is -0.520. The van der Waals surface area contributed by atoms with Gasteiger partial charge in [-0.15, -0.1) is 0 Å². The second-order valence-corrected chi connectivity index (χ2v) is 7.91. The van der Waals surface area contributed by atoms with Crippen molar-refractivity contribution in [2.24, 2.45) is 0 Å². The number of rotatable bonds is 4. The van der Waals surface area contributed by atoms with Gasteiger partial charge in [0, 0.05) is 0 Å². The highest BCUT2D eigenvalue weighted by atomic mass is 35.5. The van der Waals surface area contributed by atoms with E-state index in [4.69, 9.17) is 23.2 Å². The molecule has 5 rings (SSSR count). The first kappa shape index (κ1) is 20.9. The number of imide groups is 1. The summed E-state index contributed by atoms with van der Waals surface area (Å²) in [5.74, 6) is -1.89. The molecule has 0 atom stereocenters. The van der Waals surface area contributed by atoms with E-state index in [1.54, 1.807) is 24.3 Å². The Balaban J connectivity index is 1.42. The second-order valence-electron chi connectivity index (χ2n) is 7.10. The van der Waals surface area contributed by atoms with Crippen molar-refractivity contribution in [3.05, 3.63) is 80.4 Å². The summed E-state index contributed by atoms with van der Waals surface area (Å²) in [7, 11) is 0. The number of H-pyrrole nitrogens is 1. The number of benzene rings is 2. The van der Waals surface area contributed by atoms with E-state index in [0.29, 0.717) is 17.0 Å². The van der Waals surface area contributed by atoms with Crippen LogP contribution in [0.3, 0.4) is 0 Å². The molecule has 1 aliphatic heterocycles. The molecule has 164 valence electrons. The Hall–Kier alpha value is -4.02. The van der Waals surface area contributed by atoms with Gasteiger partial charge in [-0.2, -0.15) is 5.10 Å². The summed E-state index contributed by atoms with van der Waals surface area (Å²) in [5, 5.41) is 7.44. The molecule has 1 aliphatic rings. The molecule has 0 radical (unpaired) electrons. The summed E-state index contributed by atoms with van der Waals surface area (Å²) in [4.78, 5) is 57.5. The Morgan fingerprint density at radius 2 is 1.70 bits per heavy atom. The molecular weight excluding hydrogens is 471 g/mol. The Bertz CT molecular complexity index is 1500. The van der Waals surface area contributed by atoms with Crippen LogP contribution in [0.5, 0.6) is 0 Å². The van der Waals surface area contributed by atoms with Crippen molar-refractivity contribution in [3.8, 4) is 5.69 Å². The molecule has 0 aliphatic carbocycles. The number of carbonyl (C=O) groups excluding carboxylic acids is 3. The molecule has 0 saturated carbocycles. The highest BCUT2D eigenvalue weighted by Crippen LogP contribution is 2.31. The lowest BCUT2D eigenvalue weighted by Gasteiger charge is -2.15. The first-order valence-electron chi connectivity index (χ1n) is 9.51. The summed E-state index contributed by atoms with van der Waals surface area (Å²) < 4.78 is 1.41. The van der Waals surface area contributed by atoms with E-state index < -0.39 is 24.3 Å². The van der Waals surface area contributed by atoms with Crippen molar-refractivity contribution in [2.45, 2.75) is 0 Å². The number of nitrogens with zero attached hydrogens (tertiary/aromatic N) is 4. The van der Waals surface area contributed by atoms with Gasteiger partial charge in [0.1, 0.15) is 11.9 Å². The number of carbonyl (C=O) groups is 3. The standard InChI is InChI=1S/C21H12Cl2N6O4/c22-13-5-10-11(6-14(13)23)21(33)28(20(10)32)8-17(30)27-15-3-1-2-4-16(15)29-18-12(7-26-29)19(31)25-9-24-18/h1-7,9H,8H2,(H,27,30)(H,24,25,31). The maximum atomic E-state index is 12.8. The Kier molecular flexibility index (Phi) is 4.95. The molecule has 33 heavy (non-hydrogen) atoms. The maximum Gasteiger partial charge on any atom is 0.262 e. The van der Waals surface area contributed by atoms with E-state index in [2.05, 4.69) is 20.4 Å². The molecular formula is C21H12Cl2N6O4. The number of aromatic amines is 1. The van der Waals surface area contributed by atoms with Gasteiger partial charge >= 0.3 is 0 Å². The number of anilines is 1. The Morgan fingerprint density at radius 3 is 2.39 bits per heavy atom. The number of aromatic nitrogens is 4. The molecule has 0 saturated heterocycles. The highest BCUT2D eigenvalue weighted by molar-refractivity contribution is 6.43. The van der Waals surface area contributed by atoms with Gasteiger partial charge in [-0.3, -0.25) is 24.1 Å². The van der Waals surface area contributed by atoms with Crippen LogP contribution in [0, 0.1) is 0 Å². The van der Waals surface area contributed by atoms with Crippen LogP contribution in [-0.2, 0) is 4.79 Å². The van der Waals surface area contributed by atoms with Crippen molar-refractivity contribution in [2.75, 3.05) is 11.9 Å². The predicted octanol–water partition coefficient (Wildman–Crippen LogP) is 2.65. The summed E-state index contributed by atoms with van der Waals surface area (Å²) in [6, 6.07) is 9.33. The SMILES string of the molecule is O=C(CN1C(=O)c2cc(Cl)c(Cl)cc2C1=O)Nc1ccccc1-n1ncc2c(=O)[nH]cnc21. The van der Waals surface area contributed by atoms with Crippen LogP contribution in [0.4, 0.5) is 5.69 Å². The fourth-order valence-electron chi connectivity index (χ4n) is 3.56. The predicted molar refractivity (Wildman–Crippen MR) is 120 cm³/mol.